The highest BCUT2D eigenvalue weighted by Crippen LogP contribution is 2.29. The standard InChI is InChI=1S/C17H12ClF3N2O2/c1-2-23(16(24)17(19,20)21)12-6-3-10(4-7-12)15-22-13-9-11(18)5-8-14(13)25-15/h3-9H,2H2,1H3. The maximum Gasteiger partial charge on any atom is 0.471 e. The van der Waals surface area contributed by atoms with Gasteiger partial charge in [-0.05, 0) is 49.4 Å². The molecular weight excluding hydrogens is 357 g/mol. The number of halogens is 4. The molecule has 8 heteroatoms. The van der Waals surface area contributed by atoms with Crippen LogP contribution in [0.3, 0.4) is 0 Å². The van der Waals surface area contributed by atoms with Crippen LogP contribution in [-0.4, -0.2) is 23.6 Å². The molecule has 0 aliphatic rings. The molecular formula is C17H12ClF3N2O2. The minimum atomic E-state index is -4.92. The van der Waals surface area contributed by atoms with Gasteiger partial charge >= 0.3 is 12.1 Å². The third-order valence-corrected chi connectivity index (χ3v) is 3.81. The van der Waals surface area contributed by atoms with Crippen LogP contribution in [0.1, 0.15) is 6.92 Å². The second kappa shape index (κ2) is 6.40. The Hall–Kier alpha value is -2.54. The maximum absolute atomic E-state index is 12.6. The van der Waals surface area contributed by atoms with Crippen LogP contribution in [0.15, 0.2) is 46.9 Å². The number of anilines is 1. The number of benzene rings is 2. The smallest absolute Gasteiger partial charge is 0.436 e. The highest BCUT2D eigenvalue weighted by Gasteiger charge is 2.42. The predicted octanol–water partition coefficient (Wildman–Crippen LogP) is 5.06. The molecule has 0 radical (unpaired) electrons. The summed E-state index contributed by atoms with van der Waals surface area (Å²) in [6, 6.07) is 10.9. The minimum Gasteiger partial charge on any atom is -0.436 e. The minimum absolute atomic E-state index is 0.0981. The molecule has 4 nitrogen and oxygen atoms in total. The first kappa shape index (κ1) is 17.3. The Labute approximate surface area is 145 Å². The summed E-state index contributed by atoms with van der Waals surface area (Å²) >= 11 is 5.90. The van der Waals surface area contributed by atoms with Gasteiger partial charge in [0.25, 0.3) is 0 Å². The molecule has 0 bridgehead atoms. The molecule has 0 aliphatic heterocycles. The molecule has 3 aromatic rings. The molecule has 0 spiro atoms. The van der Waals surface area contributed by atoms with E-state index in [4.69, 9.17) is 16.0 Å². The zero-order chi connectivity index (χ0) is 18.2. The van der Waals surface area contributed by atoms with E-state index in [0.717, 1.165) is 0 Å². The first-order valence-electron chi connectivity index (χ1n) is 7.35. The van der Waals surface area contributed by atoms with Crippen molar-refractivity contribution in [1.82, 2.24) is 4.98 Å². The Morgan fingerprint density at radius 2 is 1.88 bits per heavy atom. The average Bonchev–Trinajstić information content (AvgIpc) is 2.98. The molecule has 130 valence electrons. The van der Waals surface area contributed by atoms with Crippen LogP contribution in [0.4, 0.5) is 18.9 Å². The number of aromatic nitrogens is 1. The van der Waals surface area contributed by atoms with Crippen LogP contribution < -0.4 is 4.90 Å². The van der Waals surface area contributed by atoms with Crippen LogP contribution in [0.5, 0.6) is 0 Å². The van der Waals surface area contributed by atoms with Crippen LogP contribution in [0, 0.1) is 0 Å². The molecule has 0 unspecified atom stereocenters. The summed E-state index contributed by atoms with van der Waals surface area (Å²) in [5, 5.41) is 0.520. The van der Waals surface area contributed by atoms with Gasteiger partial charge in [0.2, 0.25) is 5.89 Å². The lowest BCUT2D eigenvalue weighted by molar-refractivity contribution is -0.170. The van der Waals surface area contributed by atoms with Gasteiger partial charge in [-0.2, -0.15) is 13.2 Å². The number of nitrogens with zero attached hydrogens (tertiary/aromatic N) is 2. The van der Waals surface area contributed by atoms with Crippen molar-refractivity contribution in [1.29, 1.82) is 0 Å². The third kappa shape index (κ3) is 3.46. The predicted molar refractivity (Wildman–Crippen MR) is 88.5 cm³/mol. The van der Waals surface area contributed by atoms with E-state index < -0.39 is 12.1 Å². The van der Waals surface area contributed by atoms with Crippen molar-refractivity contribution in [3.05, 3.63) is 47.5 Å². The second-order valence-electron chi connectivity index (χ2n) is 5.23. The van der Waals surface area contributed by atoms with E-state index in [1.807, 2.05) is 0 Å². The maximum atomic E-state index is 12.6. The molecule has 0 saturated carbocycles. The van der Waals surface area contributed by atoms with Crippen molar-refractivity contribution in [2.45, 2.75) is 13.1 Å². The zero-order valence-corrected chi connectivity index (χ0v) is 13.7. The quantitative estimate of drug-likeness (QED) is 0.649. The van der Waals surface area contributed by atoms with Gasteiger partial charge in [-0.25, -0.2) is 4.98 Å². The van der Waals surface area contributed by atoms with E-state index in [-0.39, 0.29) is 12.2 Å². The lowest BCUT2D eigenvalue weighted by Gasteiger charge is -2.22. The van der Waals surface area contributed by atoms with Crippen LogP contribution in [0.2, 0.25) is 5.02 Å². The second-order valence-corrected chi connectivity index (χ2v) is 5.66. The Balaban J connectivity index is 1.91. The van der Waals surface area contributed by atoms with Gasteiger partial charge in [0.1, 0.15) is 5.52 Å². The van der Waals surface area contributed by atoms with Crippen LogP contribution in [-0.2, 0) is 4.79 Å². The Morgan fingerprint density at radius 3 is 2.48 bits per heavy atom. The fraction of sp³-hybridized carbons (Fsp3) is 0.176. The zero-order valence-electron chi connectivity index (χ0n) is 13.0. The molecule has 2 aromatic carbocycles. The molecule has 0 aliphatic carbocycles. The molecule has 1 aromatic heterocycles. The van der Waals surface area contributed by atoms with E-state index in [9.17, 15) is 18.0 Å². The summed E-state index contributed by atoms with van der Waals surface area (Å²) < 4.78 is 43.5. The summed E-state index contributed by atoms with van der Waals surface area (Å²) in [7, 11) is 0. The molecule has 1 amide bonds. The monoisotopic (exact) mass is 368 g/mol. The van der Waals surface area contributed by atoms with Crippen molar-refractivity contribution in [2.75, 3.05) is 11.4 Å². The Bertz CT molecular complexity index is 920. The van der Waals surface area contributed by atoms with E-state index >= 15 is 0 Å². The fourth-order valence-electron chi connectivity index (χ4n) is 2.40. The van der Waals surface area contributed by atoms with E-state index in [2.05, 4.69) is 4.98 Å². The van der Waals surface area contributed by atoms with E-state index in [0.29, 0.717) is 32.5 Å². The Morgan fingerprint density at radius 1 is 1.20 bits per heavy atom. The topological polar surface area (TPSA) is 46.3 Å². The number of rotatable bonds is 3. The van der Waals surface area contributed by atoms with Gasteiger partial charge in [0.05, 0.1) is 0 Å². The molecule has 0 fully saturated rings. The van der Waals surface area contributed by atoms with Crippen molar-refractivity contribution in [3.8, 4) is 11.5 Å². The number of fused-ring (bicyclic) bond motifs is 1. The van der Waals surface area contributed by atoms with Gasteiger partial charge in [0.15, 0.2) is 5.58 Å². The molecule has 3 rings (SSSR count). The third-order valence-electron chi connectivity index (χ3n) is 3.58. The average molecular weight is 369 g/mol. The summed E-state index contributed by atoms with van der Waals surface area (Å²) in [6.07, 6.45) is -4.92. The van der Waals surface area contributed by atoms with Crippen LogP contribution >= 0.6 is 11.6 Å². The summed E-state index contributed by atoms with van der Waals surface area (Å²) in [5.74, 6) is -1.59. The largest absolute Gasteiger partial charge is 0.471 e. The van der Waals surface area contributed by atoms with Gasteiger partial charge in [0, 0.05) is 22.8 Å². The Kier molecular flexibility index (Phi) is 4.43. The number of oxazole rings is 1. The van der Waals surface area contributed by atoms with E-state index in [1.54, 1.807) is 30.3 Å². The molecule has 0 saturated heterocycles. The summed E-state index contributed by atoms with van der Waals surface area (Å²) in [5.41, 5.74) is 1.85. The first-order valence-corrected chi connectivity index (χ1v) is 7.72. The van der Waals surface area contributed by atoms with Crippen molar-refractivity contribution in [2.24, 2.45) is 0 Å². The number of hydrogen-bond donors (Lipinski definition) is 0. The number of carbonyl (C=O) groups excluding carboxylic acids is 1. The summed E-state index contributed by atoms with van der Waals surface area (Å²) in [6.45, 7) is 1.38. The molecule has 1 heterocycles. The molecule has 25 heavy (non-hydrogen) atoms. The van der Waals surface area contributed by atoms with Crippen molar-refractivity contribution in [3.63, 3.8) is 0 Å². The number of alkyl halides is 3. The van der Waals surface area contributed by atoms with Gasteiger partial charge in [-0.3, -0.25) is 4.79 Å². The highest BCUT2D eigenvalue weighted by molar-refractivity contribution is 6.31. The van der Waals surface area contributed by atoms with Gasteiger partial charge in [-0.15, -0.1) is 0 Å². The summed E-state index contributed by atoms with van der Waals surface area (Å²) in [4.78, 5) is 16.4. The number of carbonyl (C=O) groups is 1. The van der Waals surface area contributed by atoms with Gasteiger partial charge < -0.3 is 9.32 Å². The number of hydrogen-bond acceptors (Lipinski definition) is 3. The lowest BCUT2D eigenvalue weighted by Crippen LogP contribution is -2.41. The lowest BCUT2D eigenvalue weighted by atomic mass is 10.2. The molecule has 0 N–H and O–H groups in total. The fourth-order valence-corrected chi connectivity index (χ4v) is 2.57. The highest BCUT2D eigenvalue weighted by atomic mass is 35.5. The normalized spacial score (nSPS) is 11.7. The SMILES string of the molecule is CCN(C(=O)C(F)(F)F)c1ccc(-c2nc3cc(Cl)ccc3o2)cc1. The molecule has 0 atom stereocenters. The van der Waals surface area contributed by atoms with Crippen LogP contribution in [0.25, 0.3) is 22.6 Å². The van der Waals surface area contributed by atoms with Gasteiger partial charge in [-0.1, -0.05) is 11.6 Å². The van der Waals surface area contributed by atoms with E-state index in [1.165, 1.54) is 19.1 Å². The van der Waals surface area contributed by atoms with Crippen molar-refractivity contribution < 1.29 is 22.4 Å². The number of amides is 1. The first-order chi connectivity index (χ1) is 11.8. The van der Waals surface area contributed by atoms with Crippen molar-refractivity contribution >= 4 is 34.3 Å².